The molecule has 4 rings (SSSR count). The largest absolute Gasteiger partial charge is 0.350 e. The van der Waals surface area contributed by atoms with Crippen LogP contribution < -0.4 is 10.9 Å². The third kappa shape index (κ3) is 3.71. The van der Waals surface area contributed by atoms with Gasteiger partial charge in [-0.15, -0.1) is 0 Å². The third-order valence-electron chi connectivity index (χ3n) is 4.56. The first-order valence-corrected chi connectivity index (χ1v) is 8.98. The molecule has 1 amide bonds. The molecule has 0 aliphatic carbocycles. The second kappa shape index (κ2) is 7.25. The summed E-state index contributed by atoms with van der Waals surface area (Å²) in [6.07, 6.45) is 6.50. The topological polar surface area (TPSA) is 90.6 Å². The predicted octanol–water partition coefficient (Wildman–Crippen LogP) is 3.13. The van der Waals surface area contributed by atoms with Crippen molar-refractivity contribution in [2.75, 3.05) is 0 Å². The summed E-state index contributed by atoms with van der Waals surface area (Å²) >= 11 is 6.01. The molecule has 2 aromatic heterocycles. The maximum absolute atomic E-state index is 12.6. The van der Waals surface area contributed by atoms with Gasteiger partial charge in [-0.1, -0.05) is 29.8 Å². The minimum Gasteiger partial charge on any atom is -0.350 e. The lowest BCUT2D eigenvalue weighted by Crippen LogP contribution is -2.23. The van der Waals surface area contributed by atoms with Crippen LogP contribution >= 0.6 is 11.6 Å². The number of H-pyrrole nitrogens is 2. The third-order valence-corrected chi connectivity index (χ3v) is 4.81. The number of benzene rings is 1. The van der Waals surface area contributed by atoms with Crippen LogP contribution in [0, 0.1) is 0 Å². The number of hydrogen-bond donors (Lipinski definition) is 3. The zero-order valence-electron chi connectivity index (χ0n) is 14.3. The minimum absolute atomic E-state index is 0.0375. The highest BCUT2D eigenvalue weighted by Gasteiger charge is 2.20. The van der Waals surface area contributed by atoms with E-state index < -0.39 is 0 Å². The lowest BCUT2D eigenvalue weighted by molar-refractivity contribution is -0.119. The summed E-state index contributed by atoms with van der Waals surface area (Å²) in [5, 5.41) is 10.2. The molecule has 1 saturated heterocycles. The normalized spacial score (nSPS) is 17.1. The maximum atomic E-state index is 12.6. The smallest absolute Gasteiger partial charge is 0.256 e. The number of nitrogens with one attached hydrogen (secondary N) is 3. The van der Waals surface area contributed by atoms with Crippen molar-refractivity contribution in [3.63, 3.8) is 0 Å². The van der Waals surface area contributed by atoms with Crippen molar-refractivity contribution in [1.29, 1.82) is 0 Å². The van der Waals surface area contributed by atoms with Gasteiger partial charge in [0.1, 0.15) is 0 Å². The van der Waals surface area contributed by atoms with Crippen molar-refractivity contribution < 1.29 is 4.79 Å². The molecule has 0 bridgehead atoms. The Morgan fingerprint density at radius 2 is 1.96 bits per heavy atom. The highest BCUT2D eigenvalue weighted by molar-refractivity contribution is 6.30. The summed E-state index contributed by atoms with van der Waals surface area (Å²) in [5.41, 5.74) is 3.49. The summed E-state index contributed by atoms with van der Waals surface area (Å²) in [7, 11) is 0. The van der Waals surface area contributed by atoms with E-state index in [-0.39, 0.29) is 17.5 Å². The zero-order valence-corrected chi connectivity index (χ0v) is 15.1. The molecule has 1 aliphatic rings. The summed E-state index contributed by atoms with van der Waals surface area (Å²) in [4.78, 5) is 27.1. The Balaban J connectivity index is 1.77. The molecule has 1 aliphatic heterocycles. The van der Waals surface area contributed by atoms with E-state index in [0.29, 0.717) is 22.7 Å². The SMILES string of the molecule is O=C1CC[C@H](/C=C(/c2ccc(Cl)cc2)c2ccc(-c3cn[nH]c3)c(=O)[nH]2)N1. The lowest BCUT2D eigenvalue weighted by atomic mass is 9.98. The Labute approximate surface area is 160 Å². The van der Waals surface area contributed by atoms with Crippen LogP contribution in [-0.2, 0) is 4.79 Å². The van der Waals surface area contributed by atoms with Crippen LogP contribution in [0.5, 0.6) is 0 Å². The minimum atomic E-state index is -0.204. The summed E-state index contributed by atoms with van der Waals surface area (Å²) < 4.78 is 0. The van der Waals surface area contributed by atoms with E-state index in [9.17, 15) is 9.59 Å². The van der Waals surface area contributed by atoms with Gasteiger partial charge in [0.15, 0.2) is 0 Å². The molecule has 3 N–H and O–H groups in total. The number of aromatic nitrogens is 3. The molecule has 1 fully saturated rings. The number of pyridine rings is 1. The van der Waals surface area contributed by atoms with E-state index in [0.717, 1.165) is 23.1 Å². The van der Waals surface area contributed by atoms with Crippen molar-refractivity contribution >= 4 is 23.1 Å². The fraction of sp³-hybridized carbons (Fsp3) is 0.150. The molecule has 1 atom stereocenters. The van der Waals surface area contributed by atoms with E-state index in [1.807, 2.05) is 24.3 Å². The van der Waals surface area contributed by atoms with Crippen molar-refractivity contribution in [2.45, 2.75) is 18.9 Å². The second-order valence-corrected chi connectivity index (χ2v) is 6.84. The van der Waals surface area contributed by atoms with E-state index >= 15 is 0 Å². The number of nitrogens with zero attached hydrogens (tertiary/aromatic N) is 1. The first kappa shape index (κ1) is 17.3. The number of hydrogen-bond acceptors (Lipinski definition) is 3. The molecule has 1 aromatic carbocycles. The van der Waals surface area contributed by atoms with E-state index in [1.165, 1.54) is 0 Å². The van der Waals surface area contributed by atoms with Crippen molar-refractivity contribution in [2.24, 2.45) is 0 Å². The first-order chi connectivity index (χ1) is 13.1. The van der Waals surface area contributed by atoms with Crippen LogP contribution in [0.3, 0.4) is 0 Å². The zero-order chi connectivity index (χ0) is 18.8. The average Bonchev–Trinajstić information content (AvgIpc) is 3.32. The number of carbonyl (C=O) groups excluding carboxylic acids is 1. The van der Waals surface area contributed by atoms with Crippen LogP contribution in [0.2, 0.25) is 5.02 Å². The molecule has 3 aromatic rings. The van der Waals surface area contributed by atoms with Gasteiger partial charge >= 0.3 is 0 Å². The molecular formula is C20H17ClN4O2. The highest BCUT2D eigenvalue weighted by atomic mass is 35.5. The van der Waals surface area contributed by atoms with Gasteiger partial charge in [0.25, 0.3) is 5.56 Å². The summed E-state index contributed by atoms with van der Waals surface area (Å²) in [5.74, 6) is 0.0375. The van der Waals surface area contributed by atoms with Crippen molar-refractivity contribution in [1.82, 2.24) is 20.5 Å². The number of halogens is 1. The fourth-order valence-electron chi connectivity index (χ4n) is 3.19. The Morgan fingerprint density at radius 1 is 1.15 bits per heavy atom. The van der Waals surface area contributed by atoms with Gasteiger partial charge in [-0.05, 0) is 36.2 Å². The monoisotopic (exact) mass is 380 g/mol. The number of carbonyl (C=O) groups is 1. The molecule has 7 heteroatoms. The van der Waals surface area contributed by atoms with Gasteiger partial charge in [0.05, 0.1) is 11.8 Å². The molecule has 27 heavy (non-hydrogen) atoms. The summed E-state index contributed by atoms with van der Waals surface area (Å²) in [6.45, 7) is 0. The molecule has 6 nitrogen and oxygen atoms in total. The predicted molar refractivity (Wildman–Crippen MR) is 104 cm³/mol. The van der Waals surface area contributed by atoms with Gasteiger partial charge in [-0.2, -0.15) is 5.10 Å². The Bertz CT molecular complexity index is 1050. The number of aromatic amines is 2. The van der Waals surface area contributed by atoms with Crippen LogP contribution in [-0.4, -0.2) is 27.1 Å². The van der Waals surface area contributed by atoms with E-state index in [2.05, 4.69) is 20.5 Å². The van der Waals surface area contributed by atoms with Crippen LogP contribution in [0.25, 0.3) is 16.7 Å². The van der Waals surface area contributed by atoms with Gasteiger partial charge in [-0.25, -0.2) is 0 Å². The molecule has 0 saturated carbocycles. The quantitative estimate of drug-likeness (QED) is 0.649. The Hall–Kier alpha value is -3.12. The Morgan fingerprint density at radius 3 is 2.59 bits per heavy atom. The molecule has 0 spiro atoms. The van der Waals surface area contributed by atoms with Crippen LogP contribution in [0.1, 0.15) is 24.1 Å². The van der Waals surface area contributed by atoms with Gasteiger partial charge in [0, 0.05) is 40.5 Å². The number of rotatable bonds is 4. The number of amides is 1. The second-order valence-electron chi connectivity index (χ2n) is 6.40. The van der Waals surface area contributed by atoms with E-state index in [1.54, 1.807) is 30.6 Å². The van der Waals surface area contributed by atoms with Gasteiger partial charge in [0.2, 0.25) is 5.91 Å². The Kier molecular flexibility index (Phi) is 4.64. The molecule has 0 unspecified atom stereocenters. The highest BCUT2D eigenvalue weighted by Crippen LogP contribution is 2.26. The molecule has 136 valence electrons. The molecular weight excluding hydrogens is 364 g/mol. The standard InChI is InChI=1S/C20H17ClN4O2/c21-14-3-1-12(2-4-14)17(9-15-5-8-19(26)24-15)18-7-6-16(20(27)25-18)13-10-22-23-11-13/h1-4,6-7,9-11,15H,5,8H2,(H,22,23)(H,24,26)(H,25,27)/b17-9-/t15-/m1/s1. The summed E-state index contributed by atoms with van der Waals surface area (Å²) in [6, 6.07) is 11.0. The maximum Gasteiger partial charge on any atom is 0.256 e. The van der Waals surface area contributed by atoms with Gasteiger partial charge < -0.3 is 10.3 Å². The van der Waals surface area contributed by atoms with Crippen LogP contribution in [0.15, 0.2) is 59.7 Å². The molecule has 3 heterocycles. The van der Waals surface area contributed by atoms with Gasteiger partial charge in [-0.3, -0.25) is 14.7 Å². The van der Waals surface area contributed by atoms with Crippen molar-refractivity contribution in [3.05, 3.63) is 81.5 Å². The fourth-order valence-corrected chi connectivity index (χ4v) is 3.32. The first-order valence-electron chi connectivity index (χ1n) is 8.60. The van der Waals surface area contributed by atoms with E-state index in [4.69, 9.17) is 11.6 Å². The van der Waals surface area contributed by atoms with Crippen LogP contribution in [0.4, 0.5) is 0 Å². The molecule has 0 radical (unpaired) electrons. The lowest BCUT2D eigenvalue weighted by Gasteiger charge is -2.13. The van der Waals surface area contributed by atoms with Crippen molar-refractivity contribution in [3.8, 4) is 11.1 Å². The average molecular weight is 381 g/mol.